The Kier molecular flexibility index (Phi) is 7.12. The van der Waals surface area contributed by atoms with Gasteiger partial charge in [-0.05, 0) is 61.0 Å². The minimum Gasteiger partial charge on any atom is -0.422 e. The summed E-state index contributed by atoms with van der Waals surface area (Å²) < 4.78 is 5.77. The highest BCUT2D eigenvalue weighted by Crippen LogP contribution is 2.27. The maximum Gasteiger partial charge on any atom is 0.343 e. The summed E-state index contributed by atoms with van der Waals surface area (Å²) in [6.07, 6.45) is 7.68. The van der Waals surface area contributed by atoms with Gasteiger partial charge in [-0.3, -0.25) is 5.43 Å². The predicted octanol–water partition coefficient (Wildman–Crippen LogP) is 5.50. The zero-order chi connectivity index (χ0) is 22.3. The molecule has 2 N–H and O–H groups in total. The number of hydrogen-bond acceptors (Lipinski definition) is 4. The molecular formula is C26H27N3O2S. The molecule has 0 unspecified atom stereocenters. The summed E-state index contributed by atoms with van der Waals surface area (Å²) in [7, 11) is 0. The van der Waals surface area contributed by atoms with E-state index >= 15 is 0 Å². The summed E-state index contributed by atoms with van der Waals surface area (Å²) in [4.78, 5) is 12.7. The van der Waals surface area contributed by atoms with E-state index in [9.17, 15) is 4.79 Å². The Morgan fingerprint density at radius 3 is 2.69 bits per heavy atom. The predicted molar refractivity (Wildman–Crippen MR) is 133 cm³/mol. The van der Waals surface area contributed by atoms with Crippen LogP contribution in [0, 0.1) is 6.92 Å². The van der Waals surface area contributed by atoms with Crippen molar-refractivity contribution in [2.75, 3.05) is 0 Å². The van der Waals surface area contributed by atoms with Crippen LogP contribution in [-0.2, 0) is 0 Å². The first-order valence-electron chi connectivity index (χ1n) is 11.0. The summed E-state index contributed by atoms with van der Waals surface area (Å²) >= 11 is 5.40. The maximum atomic E-state index is 12.7. The Labute approximate surface area is 193 Å². The number of carbonyl (C=O) groups is 1. The molecule has 0 saturated heterocycles. The van der Waals surface area contributed by atoms with Crippen LogP contribution in [0.2, 0.25) is 0 Å². The second-order valence-electron chi connectivity index (χ2n) is 8.14. The molecule has 164 valence electrons. The van der Waals surface area contributed by atoms with Gasteiger partial charge in [-0.2, -0.15) is 5.10 Å². The molecule has 1 saturated carbocycles. The average Bonchev–Trinajstić information content (AvgIpc) is 2.81. The third-order valence-corrected chi connectivity index (χ3v) is 5.90. The van der Waals surface area contributed by atoms with Crippen LogP contribution in [0.15, 0.2) is 65.8 Å². The zero-order valence-corrected chi connectivity index (χ0v) is 19.0. The monoisotopic (exact) mass is 445 g/mol. The first-order valence-corrected chi connectivity index (χ1v) is 11.4. The van der Waals surface area contributed by atoms with Crippen molar-refractivity contribution in [3.8, 4) is 5.75 Å². The fourth-order valence-electron chi connectivity index (χ4n) is 4.05. The van der Waals surface area contributed by atoms with Crippen molar-refractivity contribution in [1.82, 2.24) is 10.7 Å². The first kappa shape index (κ1) is 22.0. The lowest BCUT2D eigenvalue weighted by Gasteiger charge is -2.23. The van der Waals surface area contributed by atoms with E-state index in [-0.39, 0.29) is 0 Å². The van der Waals surface area contributed by atoms with Crippen LogP contribution in [0.1, 0.15) is 53.6 Å². The zero-order valence-electron chi connectivity index (χ0n) is 18.1. The van der Waals surface area contributed by atoms with Crippen molar-refractivity contribution in [3.05, 3.63) is 77.4 Å². The van der Waals surface area contributed by atoms with Gasteiger partial charge in [0, 0.05) is 11.6 Å². The number of nitrogens with one attached hydrogen (secondary N) is 2. The number of thiocarbonyl (C=S) groups is 1. The number of esters is 1. The number of hydrazone groups is 1. The molecule has 6 heteroatoms. The van der Waals surface area contributed by atoms with Gasteiger partial charge in [0.15, 0.2) is 5.11 Å². The number of fused-ring (bicyclic) bond motifs is 1. The lowest BCUT2D eigenvalue weighted by Crippen LogP contribution is -2.40. The van der Waals surface area contributed by atoms with E-state index in [0.717, 1.165) is 34.7 Å². The molecule has 0 spiro atoms. The molecule has 0 amide bonds. The second kappa shape index (κ2) is 10.4. The molecular weight excluding hydrogens is 418 g/mol. The smallest absolute Gasteiger partial charge is 0.343 e. The van der Waals surface area contributed by atoms with Crippen molar-refractivity contribution in [1.29, 1.82) is 0 Å². The van der Waals surface area contributed by atoms with E-state index in [0.29, 0.717) is 22.5 Å². The highest BCUT2D eigenvalue weighted by Gasteiger charge is 2.15. The molecule has 0 bridgehead atoms. The van der Waals surface area contributed by atoms with Crippen LogP contribution in [0.5, 0.6) is 5.75 Å². The Bertz CT molecular complexity index is 1150. The number of hydrogen-bond donors (Lipinski definition) is 2. The minimum absolute atomic E-state index is 0.402. The van der Waals surface area contributed by atoms with Crippen molar-refractivity contribution in [2.45, 2.75) is 45.1 Å². The van der Waals surface area contributed by atoms with Crippen molar-refractivity contribution >= 4 is 40.3 Å². The van der Waals surface area contributed by atoms with Crippen LogP contribution in [0.3, 0.4) is 0 Å². The quantitative estimate of drug-likeness (QED) is 0.179. The number of carbonyl (C=O) groups excluding carboxylic acids is 1. The molecule has 0 aromatic heterocycles. The highest BCUT2D eigenvalue weighted by atomic mass is 32.1. The number of aryl methyl sites for hydroxylation is 1. The van der Waals surface area contributed by atoms with Crippen LogP contribution in [0.4, 0.5) is 0 Å². The van der Waals surface area contributed by atoms with Gasteiger partial charge in [0.05, 0.1) is 11.8 Å². The Morgan fingerprint density at radius 1 is 1.06 bits per heavy atom. The average molecular weight is 446 g/mol. The largest absolute Gasteiger partial charge is 0.422 e. The number of rotatable bonds is 5. The van der Waals surface area contributed by atoms with E-state index in [2.05, 4.69) is 15.8 Å². The molecule has 1 aliphatic rings. The SMILES string of the molecule is Cc1cccc(C(=O)Oc2ccc3ccccc3c2C=NNC(=S)NC2CCCCC2)c1. The molecule has 0 aliphatic heterocycles. The number of ether oxygens (including phenoxy) is 1. The van der Waals surface area contributed by atoms with Gasteiger partial charge in [0.2, 0.25) is 0 Å². The summed E-state index contributed by atoms with van der Waals surface area (Å²) in [6.45, 7) is 1.95. The van der Waals surface area contributed by atoms with Gasteiger partial charge in [0.25, 0.3) is 0 Å². The van der Waals surface area contributed by atoms with Gasteiger partial charge in [-0.1, -0.05) is 67.3 Å². The molecule has 4 rings (SSSR count). The standard InChI is InChI=1S/C26H27N3O2S/c1-18-8-7-10-20(16-18)25(30)31-24-15-14-19-9-5-6-13-22(19)23(24)17-27-29-26(32)28-21-11-3-2-4-12-21/h5-10,13-17,21H,2-4,11-12H2,1H3,(H2,28,29,32). The minimum atomic E-state index is -0.402. The van der Waals surface area contributed by atoms with Gasteiger partial charge in [0.1, 0.15) is 5.75 Å². The summed E-state index contributed by atoms with van der Waals surface area (Å²) in [5.41, 5.74) is 5.15. The fraction of sp³-hybridized carbons (Fsp3) is 0.269. The Balaban J connectivity index is 1.54. The molecule has 3 aromatic carbocycles. The normalized spacial score (nSPS) is 14.4. The van der Waals surface area contributed by atoms with Crippen LogP contribution < -0.4 is 15.5 Å². The summed E-state index contributed by atoms with van der Waals surface area (Å²) in [6, 6.07) is 19.4. The molecule has 1 aliphatic carbocycles. The van der Waals surface area contributed by atoms with E-state index in [1.165, 1.54) is 19.3 Å². The molecule has 1 fully saturated rings. The third-order valence-electron chi connectivity index (χ3n) is 5.69. The first-order chi connectivity index (χ1) is 15.6. The van der Waals surface area contributed by atoms with Gasteiger partial charge in [-0.15, -0.1) is 0 Å². The van der Waals surface area contributed by atoms with E-state index in [1.54, 1.807) is 18.3 Å². The summed E-state index contributed by atoms with van der Waals surface area (Å²) in [5.74, 6) is 0.0491. The summed E-state index contributed by atoms with van der Waals surface area (Å²) in [5, 5.41) is 10.2. The van der Waals surface area contributed by atoms with E-state index in [1.807, 2.05) is 55.5 Å². The molecule has 32 heavy (non-hydrogen) atoms. The van der Waals surface area contributed by atoms with Gasteiger partial charge >= 0.3 is 5.97 Å². The van der Waals surface area contributed by atoms with Crippen LogP contribution in [0.25, 0.3) is 10.8 Å². The molecule has 0 radical (unpaired) electrons. The second-order valence-corrected chi connectivity index (χ2v) is 8.54. The van der Waals surface area contributed by atoms with Crippen LogP contribution in [-0.4, -0.2) is 23.3 Å². The van der Waals surface area contributed by atoms with Gasteiger partial charge < -0.3 is 10.1 Å². The lowest BCUT2D eigenvalue weighted by molar-refractivity contribution is 0.0734. The Hall–Kier alpha value is -3.25. The van der Waals surface area contributed by atoms with Crippen LogP contribution >= 0.6 is 12.2 Å². The van der Waals surface area contributed by atoms with E-state index < -0.39 is 5.97 Å². The van der Waals surface area contributed by atoms with Crippen molar-refractivity contribution in [3.63, 3.8) is 0 Å². The molecule has 0 atom stereocenters. The molecule has 0 heterocycles. The Morgan fingerprint density at radius 2 is 1.88 bits per heavy atom. The third kappa shape index (κ3) is 5.51. The maximum absolute atomic E-state index is 12.7. The van der Waals surface area contributed by atoms with Crippen molar-refractivity contribution < 1.29 is 9.53 Å². The number of nitrogens with zero attached hydrogens (tertiary/aromatic N) is 1. The van der Waals surface area contributed by atoms with Crippen molar-refractivity contribution in [2.24, 2.45) is 5.10 Å². The molecule has 5 nitrogen and oxygen atoms in total. The van der Waals surface area contributed by atoms with E-state index in [4.69, 9.17) is 17.0 Å². The topological polar surface area (TPSA) is 62.7 Å². The fourth-order valence-corrected chi connectivity index (χ4v) is 4.27. The highest BCUT2D eigenvalue weighted by molar-refractivity contribution is 7.80. The molecule has 3 aromatic rings. The number of benzene rings is 3. The van der Waals surface area contributed by atoms with Gasteiger partial charge in [-0.25, -0.2) is 4.79 Å². The lowest BCUT2D eigenvalue weighted by atomic mass is 9.96.